The van der Waals surface area contributed by atoms with Crippen LogP contribution in [0.25, 0.3) is 22.1 Å². The fourth-order valence-corrected chi connectivity index (χ4v) is 3.48. The molecule has 0 bridgehead atoms. The van der Waals surface area contributed by atoms with Crippen LogP contribution in [0.15, 0.2) is 48.5 Å². The van der Waals surface area contributed by atoms with Crippen molar-refractivity contribution in [2.45, 2.75) is 44.9 Å². The van der Waals surface area contributed by atoms with E-state index in [0.717, 1.165) is 9.69 Å². The van der Waals surface area contributed by atoms with E-state index in [1.54, 1.807) is 55.5 Å². The number of benzene rings is 2. The van der Waals surface area contributed by atoms with Crippen LogP contribution in [-0.4, -0.2) is 80.4 Å². The van der Waals surface area contributed by atoms with Crippen LogP contribution in [-0.2, 0) is 18.9 Å². The summed E-state index contributed by atoms with van der Waals surface area (Å²) in [5, 5.41) is 15.3. The number of carbonyl (C=O) groups excluding carboxylic acids is 2. The van der Waals surface area contributed by atoms with Gasteiger partial charge < -0.3 is 24.7 Å². The summed E-state index contributed by atoms with van der Waals surface area (Å²) in [6, 6.07) is 14.1. The van der Waals surface area contributed by atoms with Crippen molar-refractivity contribution in [3.63, 3.8) is 0 Å². The molecule has 1 unspecified atom stereocenters. The predicted octanol–water partition coefficient (Wildman–Crippen LogP) is 2.27. The van der Waals surface area contributed by atoms with E-state index in [1.807, 2.05) is 13.8 Å². The number of nitrogens with zero attached hydrogens (tertiary/aromatic N) is 6. The molecule has 15 heteroatoms. The fourth-order valence-electron chi connectivity index (χ4n) is 3.48. The molecular weight excluding hydrogens is 526 g/mol. The van der Waals surface area contributed by atoms with Crippen molar-refractivity contribution in [1.29, 1.82) is 0 Å². The van der Waals surface area contributed by atoms with E-state index < -0.39 is 23.6 Å². The lowest BCUT2D eigenvalue weighted by molar-refractivity contribution is -0.0917. The number of para-hydroxylation sites is 2. The van der Waals surface area contributed by atoms with Crippen molar-refractivity contribution in [2.24, 2.45) is 5.73 Å². The zero-order chi connectivity index (χ0) is 28.6. The Morgan fingerprint density at radius 2 is 1.25 bits per heavy atom. The van der Waals surface area contributed by atoms with E-state index >= 15 is 0 Å². The molecule has 0 spiro atoms. The number of carbonyl (C=O) groups is 2. The number of ether oxygens (including phenoxy) is 4. The molecule has 0 aliphatic heterocycles. The Morgan fingerprint density at radius 3 is 1.82 bits per heavy atom. The summed E-state index contributed by atoms with van der Waals surface area (Å²) in [5.41, 5.74) is 6.77. The SMILES string of the molecule is CC(C)(CCOC(=O)On1nnc2ccccc21)OCCC(C)(N)OCCOC(=O)On1nnc2ccccc21. The third-order valence-corrected chi connectivity index (χ3v) is 5.72. The molecule has 214 valence electrons. The highest BCUT2D eigenvalue weighted by Gasteiger charge is 2.24. The van der Waals surface area contributed by atoms with Crippen LogP contribution in [0.5, 0.6) is 0 Å². The van der Waals surface area contributed by atoms with Crippen LogP contribution in [0.3, 0.4) is 0 Å². The smallest absolute Gasteiger partial charge is 0.433 e. The normalized spacial score (nSPS) is 13.2. The standard InChI is InChI=1S/C25H31N7O8/c1-24(2,12-14-35-22(33)39-31-20-10-6-4-8-18(20)27-29-31)37-15-13-25(3,26)38-17-16-36-23(34)40-32-21-11-7-5-9-19(21)28-30-32/h4-11H,12-17,26H2,1-3H3. The third-order valence-electron chi connectivity index (χ3n) is 5.72. The number of hydrogen-bond acceptors (Lipinski definition) is 13. The second-order valence-corrected chi connectivity index (χ2v) is 9.55. The van der Waals surface area contributed by atoms with Crippen LogP contribution < -0.4 is 15.4 Å². The van der Waals surface area contributed by atoms with Gasteiger partial charge in [0.2, 0.25) is 0 Å². The molecule has 0 amide bonds. The summed E-state index contributed by atoms with van der Waals surface area (Å²) in [7, 11) is 0. The average Bonchev–Trinajstić information content (AvgIpc) is 3.50. The van der Waals surface area contributed by atoms with Gasteiger partial charge in [0.25, 0.3) is 0 Å². The summed E-state index contributed by atoms with van der Waals surface area (Å²) in [5.74, 6) is 0. The molecule has 4 rings (SSSR count). The number of fused-ring (bicyclic) bond motifs is 2. The highest BCUT2D eigenvalue weighted by molar-refractivity contribution is 5.75. The number of nitrogens with two attached hydrogens (primary N) is 1. The first-order valence-corrected chi connectivity index (χ1v) is 12.5. The average molecular weight is 558 g/mol. The van der Waals surface area contributed by atoms with Crippen molar-refractivity contribution in [1.82, 2.24) is 30.3 Å². The van der Waals surface area contributed by atoms with Gasteiger partial charge in [0.1, 0.15) is 34.4 Å². The Labute approximate surface area is 228 Å². The lowest BCUT2D eigenvalue weighted by Crippen LogP contribution is -2.42. The van der Waals surface area contributed by atoms with E-state index in [9.17, 15) is 9.59 Å². The first-order valence-electron chi connectivity index (χ1n) is 12.5. The molecule has 15 nitrogen and oxygen atoms in total. The lowest BCUT2D eigenvalue weighted by Gasteiger charge is -2.29. The van der Waals surface area contributed by atoms with Gasteiger partial charge >= 0.3 is 12.3 Å². The maximum Gasteiger partial charge on any atom is 0.535 e. The largest absolute Gasteiger partial charge is 0.535 e. The molecule has 2 N–H and O–H groups in total. The van der Waals surface area contributed by atoms with Crippen molar-refractivity contribution >= 4 is 34.4 Å². The number of rotatable bonds is 13. The van der Waals surface area contributed by atoms with Crippen molar-refractivity contribution in [3.8, 4) is 0 Å². The van der Waals surface area contributed by atoms with E-state index in [-0.39, 0.29) is 26.4 Å². The second kappa shape index (κ2) is 12.7. The Kier molecular flexibility index (Phi) is 9.08. The highest BCUT2D eigenvalue weighted by atomic mass is 16.8. The summed E-state index contributed by atoms with van der Waals surface area (Å²) in [4.78, 5) is 36.1. The summed E-state index contributed by atoms with van der Waals surface area (Å²) >= 11 is 0. The van der Waals surface area contributed by atoms with Crippen LogP contribution in [0, 0.1) is 0 Å². The molecule has 2 aromatic carbocycles. The van der Waals surface area contributed by atoms with Gasteiger partial charge in [0.15, 0.2) is 0 Å². The zero-order valence-electron chi connectivity index (χ0n) is 22.4. The molecular formula is C25H31N7O8. The second-order valence-electron chi connectivity index (χ2n) is 9.55. The Morgan fingerprint density at radius 1 is 0.725 bits per heavy atom. The van der Waals surface area contributed by atoms with Crippen molar-refractivity contribution in [3.05, 3.63) is 48.5 Å². The third kappa shape index (κ3) is 8.08. The van der Waals surface area contributed by atoms with Crippen LogP contribution in [0.2, 0.25) is 0 Å². The van der Waals surface area contributed by atoms with E-state index in [2.05, 4.69) is 20.6 Å². The van der Waals surface area contributed by atoms with Crippen LogP contribution in [0.1, 0.15) is 33.6 Å². The van der Waals surface area contributed by atoms with Gasteiger partial charge in [0.05, 0.1) is 25.4 Å². The molecule has 4 aromatic rings. The lowest BCUT2D eigenvalue weighted by atomic mass is 10.1. The van der Waals surface area contributed by atoms with Gasteiger partial charge in [0, 0.05) is 12.8 Å². The first-order chi connectivity index (χ1) is 19.1. The fraction of sp³-hybridized carbons (Fsp3) is 0.440. The van der Waals surface area contributed by atoms with E-state index in [0.29, 0.717) is 34.9 Å². The predicted molar refractivity (Wildman–Crippen MR) is 139 cm³/mol. The minimum atomic E-state index is -1.04. The first kappa shape index (κ1) is 28.7. The quantitative estimate of drug-likeness (QED) is 0.110. The monoisotopic (exact) mass is 557 g/mol. The van der Waals surface area contributed by atoms with Crippen molar-refractivity contribution < 1.29 is 38.2 Å². The van der Waals surface area contributed by atoms with Gasteiger partial charge in [-0.05, 0) is 55.5 Å². The van der Waals surface area contributed by atoms with Crippen molar-refractivity contribution in [2.75, 3.05) is 26.4 Å². The topological polar surface area (TPSA) is 177 Å². The molecule has 2 aromatic heterocycles. The Balaban J connectivity index is 1.08. The van der Waals surface area contributed by atoms with E-state index in [1.165, 1.54) is 0 Å². The summed E-state index contributed by atoms with van der Waals surface area (Å²) in [6.07, 6.45) is -1.10. The number of hydrogen-bond donors (Lipinski definition) is 1. The minimum Gasteiger partial charge on any atom is -0.433 e. The highest BCUT2D eigenvalue weighted by Crippen LogP contribution is 2.18. The van der Waals surface area contributed by atoms with Gasteiger partial charge in [-0.3, -0.25) is 9.68 Å². The maximum absolute atomic E-state index is 12.0. The Bertz CT molecular complexity index is 1430. The van der Waals surface area contributed by atoms with Crippen LogP contribution in [0.4, 0.5) is 9.59 Å². The molecule has 0 fully saturated rings. The summed E-state index contributed by atoms with van der Waals surface area (Å²) in [6.45, 7) is 5.71. The van der Waals surface area contributed by atoms with E-state index in [4.69, 9.17) is 34.4 Å². The zero-order valence-corrected chi connectivity index (χ0v) is 22.4. The van der Waals surface area contributed by atoms with Gasteiger partial charge in [-0.25, -0.2) is 9.59 Å². The molecule has 40 heavy (non-hydrogen) atoms. The molecule has 1 atom stereocenters. The maximum atomic E-state index is 12.0. The Hall–Kier alpha value is -4.34. The minimum absolute atomic E-state index is 0.0423. The molecule has 0 aliphatic carbocycles. The van der Waals surface area contributed by atoms with Gasteiger partial charge in [-0.1, -0.05) is 34.0 Å². The van der Waals surface area contributed by atoms with Crippen LogP contribution >= 0.6 is 0 Å². The number of aromatic nitrogens is 6. The van der Waals surface area contributed by atoms with Gasteiger partial charge in [-0.15, -0.1) is 10.2 Å². The molecule has 0 radical (unpaired) electrons. The molecule has 0 saturated heterocycles. The molecule has 0 saturated carbocycles. The van der Waals surface area contributed by atoms with Gasteiger partial charge in [-0.2, -0.15) is 0 Å². The molecule has 0 aliphatic rings. The summed E-state index contributed by atoms with van der Waals surface area (Å²) < 4.78 is 21.7. The molecule has 2 heterocycles.